The number of carbonyl (C=O) groups excluding carboxylic acids is 1. The maximum Gasteiger partial charge on any atom is 0.323 e. The van der Waals surface area contributed by atoms with Crippen LogP contribution < -0.4 is 5.73 Å². The molecule has 0 fully saturated rings. The van der Waals surface area contributed by atoms with Crippen LogP contribution in [0.5, 0.6) is 0 Å². The first kappa shape index (κ1) is 9.57. The molecule has 4 nitrogen and oxygen atoms in total. The van der Waals surface area contributed by atoms with Gasteiger partial charge in [0.25, 0.3) is 6.43 Å². The lowest BCUT2D eigenvalue weighted by atomic mass is 10.2. The number of fused-ring (bicyclic) bond motifs is 1. The number of hydrogen-bond acceptors (Lipinski definition) is 2. The summed E-state index contributed by atoms with van der Waals surface area (Å²) in [5.74, 6) is 0. The zero-order valence-corrected chi connectivity index (χ0v) is 7.52. The monoisotopic (exact) mass is 211 g/mol. The first-order chi connectivity index (χ1) is 7.11. The fourth-order valence-corrected chi connectivity index (χ4v) is 1.46. The second kappa shape index (κ2) is 3.30. The van der Waals surface area contributed by atoms with Crippen LogP contribution in [0.2, 0.25) is 0 Å². The minimum absolute atomic E-state index is 0.216. The summed E-state index contributed by atoms with van der Waals surface area (Å²) in [5.41, 5.74) is 5.12. The Bertz CT molecular complexity index is 521. The van der Waals surface area contributed by atoms with Crippen LogP contribution in [0.25, 0.3) is 10.9 Å². The quantitative estimate of drug-likeness (QED) is 0.783. The molecule has 2 heterocycles. The van der Waals surface area contributed by atoms with E-state index in [-0.39, 0.29) is 5.56 Å². The van der Waals surface area contributed by atoms with Gasteiger partial charge in [-0.15, -0.1) is 0 Å². The van der Waals surface area contributed by atoms with E-state index in [4.69, 9.17) is 5.73 Å². The van der Waals surface area contributed by atoms with Crippen molar-refractivity contribution in [3.63, 3.8) is 0 Å². The van der Waals surface area contributed by atoms with Gasteiger partial charge in [0.15, 0.2) is 0 Å². The first-order valence-electron chi connectivity index (χ1n) is 4.14. The molecule has 0 radical (unpaired) electrons. The summed E-state index contributed by atoms with van der Waals surface area (Å²) < 4.78 is 26.1. The van der Waals surface area contributed by atoms with E-state index in [0.29, 0.717) is 10.9 Å². The number of primary amides is 1. The normalized spacial score (nSPS) is 11.1. The van der Waals surface area contributed by atoms with Crippen molar-refractivity contribution in [2.24, 2.45) is 5.73 Å². The number of nitrogens with zero attached hydrogens (tertiary/aromatic N) is 2. The molecule has 0 aromatic carbocycles. The Morgan fingerprint density at radius 2 is 2.27 bits per heavy atom. The van der Waals surface area contributed by atoms with E-state index in [9.17, 15) is 13.6 Å². The predicted octanol–water partition coefficient (Wildman–Crippen LogP) is 1.90. The van der Waals surface area contributed by atoms with Crippen molar-refractivity contribution >= 4 is 16.9 Å². The second-order valence-electron chi connectivity index (χ2n) is 2.99. The molecule has 0 aliphatic heterocycles. The van der Waals surface area contributed by atoms with E-state index < -0.39 is 12.5 Å². The largest absolute Gasteiger partial charge is 0.351 e. The standard InChI is InChI=1S/C9H7F2N3O/c10-8(11)6-4-14(9(12)15)7-3-13-2-1-5(6)7/h1-4,8H,(H2,12,15). The number of aromatic nitrogens is 2. The van der Waals surface area contributed by atoms with Gasteiger partial charge in [-0.25, -0.2) is 13.6 Å². The fourth-order valence-electron chi connectivity index (χ4n) is 1.46. The smallest absolute Gasteiger partial charge is 0.323 e. The van der Waals surface area contributed by atoms with Crippen molar-refractivity contribution in [3.8, 4) is 0 Å². The van der Waals surface area contributed by atoms with E-state index in [1.54, 1.807) is 0 Å². The lowest BCUT2D eigenvalue weighted by Gasteiger charge is -1.96. The molecule has 6 heteroatoms. The molecule has 0 atom stereocenters. The summed E-state index contributed by atoms with van der Waals surface area (Å²) in [6.45, 7) is 0. The van der Waals surface area contributed by atoms with Crippen LogP contribution in [0.15, 0.2) is 24.7 Å². The van der Waals surface area contributed by atoms with Gasteiger partial charge in [-0.3, -0.25) is 9.55 Å². The molecule has 1 amide bonds. The highest BCUT2D eigenvalue weighted by atomic mass is 19.3. The van der Waals surface area contributed by atoms with Crippen LogP contribution in [0.1, 0.15) is 12.0 Å². The Balaban J connectivity index is 2.79. The molecule has 0 aliphatic rings. The highest BCUT2D eigenvalue weighted by Crippen LogP contribution is 2.28. The number of amides is 1. The molecule has 2 N–H and O–H groups in total. The van der Waals surface area contributed by atoms with E-state index in [1.807, 2.05) is 0 Å². The molecule has 0 unspecified atom stereocenters. The van der Waals surface area contributed by atoms with Crippen molar-refractivity contribution in [1.29, 1.82) is 0 Å². The highest BCUT2D eigenvalue weighted by molar-refractivity contribution is 5.92. The number of hydrogen-bond donors (Lipinski definition) is 1. The topological polar surface area (TPSA) is 60.9 Å². The molecule has 0 spiro atoms. The lowest BCUT2D eigenvalue weighted by Crippen LogP contribution is -2.18. The molecule has 15 heavy (non-hydrogen) atoms. The Labute approximate surface area is 83.3 Å². The van der Waals surface area contributed by atoms with Crippen molar-refractivity contribution in [3.05, 3.63) is 30.2 Å². The van der Waals surface area contributed by atoms with Gasteiger partial charge >= 0.3 is 6.03 Å². The third kappa shape index (κ3) is 1.43. The number of carbonyl (C=O) groups is 1. The SMILES string of the molecule is NC(=O)n1cc(C(F)F)c2ccncc21. The second-order valence-corrected chi connectivity index (χ2v) is 2.99. The number of rotatable bonds is 1. The molecule has 2 aromatic rings. The van der Waals surface area contributed by atoms with Gasteiger partial charge in [-0.1, -0.05) is 0 Å². The van der Waals surface area contributed by atoms with Crippen LogP contribution in [-0.4, -0.2) is 15.6 Å². The summed E-state index contributed by atoms with van der Waals surface area (Å²) in [4.78, 5) is 14.7. The summed E-state index contributed by atoms with van der Waals surface area (Å²) in [7, 11) is 0. The predicted molar refractivity (Wildman–Crippen MR) is 49.7 cm³/mol. The molecular weight excluding hydrogens is 204 g/mol. The van der Waals surface area contributed by atoms with Gasteiger partial charge < -0.3 is 5.73 Å². The number of nitrogens with two attached hydrogens (primary N) is 1. The third-order valence-electron chi connectivity index (χ3n) is 2.11. The molecule has 2 aromatic heterocycles. The lowest BCUT2D eigenvalue weighted by molar-refractivity contribution is 0.153. The summed E-state index contributed by atoms with van der Waals surface area (Å²) in [5, 5.41) is 0.291. The minimum atomic E-state index is -2.64. The molecule has 2 rings (SSSR count). The first-order valence-corrected chi connectivity index (χ1v) is 4.14. The third-order valence-corrected chi connectivity index (χ3v) is 2.11. The molecule has 0 saturated heterocycles. The Morgan fingerprint density at radius 1 is 1.53 bits per heavy atom. The Hall–Kier alpha value is -1.98. The van der Waals surface area contributed by atoms with Gasteiger partial charge in [0, 0.05) is 23.3 Å². The summed E-state index contributed by atoms with van der Waals surface area (Å²) in [6, 6.07) is 0.621. The van der Waals surface area contributed by atoms with Gasteiger partial charge in [0.1, 0.15) is 0 Å². The number of halogens is 2. The summed E-state index contributed by atoms with van der Waals surface area (Å²) >= 11 is 0. The van der Waals surface area contributed by atoms with E-state index in [1.165, 1.54) is 18.5 Å². The van der Waals surface area contributed by atoms with Gasteiger partial charge in [0.05, 0.1) is 11.7 Å². The Kier molecular flexibility index (Phi) is 2.11. The van der Waals surface area contributed by atoms with E-state index in [2.05, 4.69) is 4.98 Å². The summed E-state index contributed by atoms with van der Waals surface area (Å²) in [6.07, 6.45) is 1.11. The maximum absolute atomic E-state index is 12.6. The zero-order valence-electron chi connectivity index (χ0n) is 7.52. The average Bonchev–Trinajstić information content (AvgIpc) is 2.56. The van der Waals surface area contributed by atoms with Crippen molar-refractivity contribution < 1.29 is 13.6 Å². The molecule has 0 saturated carbocycles. The average molecular weight is 211 g/mol. The molecule has 78 valence electrons. The Morgan fingerprint density at radius 3 is 2.87 bits per heavy atom. The molecule has 0 bridgehead atoms. The van der Waals surface area contributed by atoms with Crippen molar-refractivity contribution in [2.45, 2.75) is 6.43 Å². The minimum Gasteiger partial charge on any atom is -0.351 e. The van der Waals surface area contributed by atoms with Crippen LogP contribution in [-0.2, 0) is 0 Å². The van der Waals surface area contributed by atoms with Crippen LogP contribution in [0.3, 0.4) is 0 Å². The van der Waals surface area contributed by atoms with Crippen LogP contribution in [0.4, 0.5) is 13.6 Å². The van der Waals surface area contributed by atoms with Crippen molar-refractivity contribution in [2.75, 3.05) is 0 Å². The van der Waals surface area contributed by atoms with Crippen molar-refractivity contribution in [1.82, 2.24) is 9.55 Å². The molecular formula is C9H7F2N3O. The van der Waals surface area contributed by atoms with Gasteiger partial charge in [-0.05, 0) is 6.07 Å². The highest BCUT2D eigenvalue weighted by Gasteiger charge is 2.17. The number of alkyl halides is 2. The van der Waals surface area contributed by atoms with Crippen LogP contribution in [0, 0.1) is 0 Å². The van der Waals surface area contributed by atoms with Gasteiger partial charge in [0.2, 0.25) is 0 Å². The number of pyridine rings is 1. The van der Waals surface area contributed by atoms with E-state index >= 15 is 0 Å². The van der Waals surface area contributed by atoms with Crippen LogP contribution >= 0.6 is 0 Å². The molecule has 0 aliphatic carbocycles. The van der Waals surface area contributed by atoms with E-state index in [0.717, 1.165) is 10.8 Å². The zero-order chi connectivity index (χ0) is 11.0. The fraction of sp³-hybridized carbons (Fsp3) is 0.111. The maximum atomic E-state index is 12.6. The van der Waals surface area contributed by atoms with Gasteiger partial charge in [-0.2, -0.15) is 0 Å².